The molecule has 0 radical (unpaired) electrons. The molecule has 1 aromatic carbocycles. The van der Waals surface area contributed by atoms with Crippen LogP contribution in [-0.2, 0) is 9.84 Å². The van der Waals surface area contributed by atoms with Crippen LogP contribution in [0.5, 0.6) is 0 Å². The lowest BCUT2D eigenvalue weighted by Gasteiger charge is -2.15. The van der Waals surface area contributed by atoms with Crippen LogP contribution in [-0.4, -0.2) is 26.0 Å². The van der Waals surface area contributed by atoms with Gasteiger partial charge in [0, 0.05) is 16.8 Å². The van der Waals surface area contributed by atoms with Gasteiger partial charge in [0.25, 0.3) is 0 Å². The fourth-order valence-electron chi connectivity index (χ4n) is 1.89. The third-order valence-corrected chi connectivity index (χ3v) is 5.04. The molecule has 1 atom stereocenters. The van der Waals surface area contributed by atoms with Gasteiger partial charge in [0.1, 0.15) is 0 Å². The number of halogens is 1. The predicted octanol–water partition coefficient (Wildman–Crippen LogP) is 2.25. The third-order valence-electron chi connectivity index (χ3n) is 2.86. The van der Waals surface area contributed by atoms with Crippen LogP contribution in [0.4, 0.5) is 5.69 Å². The van der Waals surface area contributed by atoms with Gasteiger partial charge in [-0.2, -0.15) is 0 Å². The second kappa shape index (κ2) is 4.26. The van der Waals surface area contributed by atoms with E-state index in [1.165, 1.54) is 0 Å². The van der Waals surface area contributed by atoms with Crippen molar-refractivity contribution in [3.63, 3.8) is 0 Å². The molecule has 0 spiro atoms. The van der Waals surface area contributed by atoms with Crippen LogP contribution in [0.25, 0.3) is 0 Å². The van der Waals surface area contributed by atoms with Crippen molar-refractivity contribution in [2.24, 2.45) is 0 Å². The second-order valence-electron chi connectivity index (χ2n) is 4.16. The van der Waals surface area contributed by atoms with Gasteiger partial charge in [-0.1, -0.05) is 17.7 Å². The van der Waals surface area contributed by atoms with Crippen LogP contribution >= 0.6 is 11.6 Å². The van der Waals surface area contributed by atoms with Gasteiger partial charge in [-0.3, -0.25) is 0 Å². The fourth-order valence-corrected chi connectivity index (χ4v) is 3.74. The SMILES string of the molecule is Cc1c(Cl)cccc1N[C@H]1CCS(=O)(=O)C1. The van der Waals surface area contributed by atoms with E-state index in [2.05, 4.69) is 5.32 Å². The zero-order valence-electron chi connectivity index (χ0n) is 9.03. The molecule has 16 heavy (non-hydrogen) atoms. The lowest BCUT2D eigenvalue weighted by Crippen LogP contribution is -2.21. The monoisotopic (exact) mass is 259 g/mol. The van der Waals surface area contributed by atoms with Crippen LogP contribution in [0.1, 0.15) is 12.0 Å². The van der Waals surface area contributed by atoms with Crippen LogP contribution in [0.15, 0.2) is 18.2 Å². The highest BCUT2D eigenvalue weighted by Crippen LogP contribution is 2.25. The summed E-state index contributed by atoms with van der Waals surface area (Å²) in [4.78, 5) is 0. The molecule has 1 saturated heterocycles. The van der Waals surface area contributed by atoms with E-state index in [4.69, 9.17) is 11.6 Å². The molecule has 88 valence electrons. The first kappa shape index (κ1) is 11.7. The quantitative estimate of drug-likeness (QED) is 0.886. The molecular weight excluding hydrogens is 246 g/mol. The number of hydrogen-bond acceptors (Lipinski definition) is 3. The van der Waals surface area contributed by atoms with Gasteiger partial charge < -0.3 is 5.32 Å². The molecule has 1 aliphatic heterocycles. The van der Waals surface area contributed by atoms with Crippen molar-refractivity contribution < 1.29 is 8.42 Å². The zero-order chi connectivity index (χ0) is 11.8. The molecule has 2 rings (SSSR count). The van der Waals surface area contributed by atoms with E-state index in [9.17, 15) is 8.42 Å². The summed E-state index contributed by atoms with van der Waals surface area (Å²) >= 11 is 6.00. The molecule has 0 bridgehead atoms. The maximum Gasteiger partial charge on any atom is 0.152 e. The molecule has 0 aliphatic carbocycles. The molecule has 0 unspecified atom stereocenters. The Morgan fingerprint density at radius 1 is 1.44 bits per heavy atom. The van der Waals surface area contributed by atoms with Crippen molar-refractivity contribution in [2.45, 2.75) is 19.4 Å². The lowest BCUT2D eigenvalue weighted by atomic mass is 10.1. The van der Waals surface area contributed by atoms with Crippen molar-refractivity contribution in [1.82, 2.24) is 0 Å². The van der Waals surface area contributed by atoms with Crippen molar-refractivity contribution >= 4 is 27.1 Å². The van der Waals surface area contributed by atoms with Gasteiger partial charge in [-0.25, -0.2) is 8.42 Å². The minimum Gasteiger partial charge on any atom is -0.381 e. The second-order valence-corrected chi connectivity index (χ2v) is 6.79. The molecule has 1 heterocycles. The summed E-state index contributed by atoms with van der Waals surface area (Å²) in [6.07, 6.45) is 0.675. The Morgan fingerprint density at radius 2 is 2.19 bits per heavy atom. The number of benzene rings is 1. The van der Waals surface area contributed by atoms with E-state index in [1.807, 2.05) is 25.1 Å². The van der Waals surface area contributed by atoms with Crippen LogP contribution < -0.4 is 5.32 Å². The number of rotatable bonds is 2. The Labute approximate surface area is 101 Å². The summed E-state index contributed by atoms with van der Waals surface area (Å²) in [5.41, 5.74) is 1.89. The van der Waals surface area contributed by atoms with E-state index < -0.39 is 9.84 Å². The topological polar surface area (TPSA) is 46.2 Å². The normalized spacial score (nSPS) is 23.2. The maximum atomic E-state index is 11.3. The molecule has 1 fully saturated rings. The van der Waals surface area contributed by atoms with E-state index in [0.717, 1.165) is 11.3 Å². The van der Waals surface area contributed by atoms with Gasteiger partial charge in [0.15, 0.2) is 9.84 Å². The highest BCUT2D eigenvalue weighted by Gasteiger charge is 2.27. The minimum atomic E-state index is -2.83. The third kappa shape index (κ3) is 2.50. The summed E-state index contributed by atoms with van der Waals surface area (Å²) in [5.74, 6) is 0.503. The predicted molar refractivity (Wildman–Crippen MR) is 66.9 cm³/mol. The van der Waals surface area contributed by atoms with Crippen molar-refractivity contribution in [3.8, 4) is 0 Å². The number of hydrogen-bond donors (Lipinski definition) is 1. The molecule has 1 aliphatic rings. The van der Waals surface area contributed by atoms with Gasteiger partial charge in [-0.15, -0.1) is 0 Å². The van der Waals surface area contributed by atoms with Crippen molar-refractivity contribution in [1.29, 1.82) is 0 Å². The Bertz CT molecular complexity index is 499. The summed E-state index contributed by atoms with van der Waals surface area (Å²) in [7, 11) is -2.83. The van der Waals surface area contributed by atoms with Crippen LogP contribution in [0, 0.1) is 6.92 Å². The summed E-state index contributed by atoms with van der Waals surface area (Å²) in [6, 6.07) is 5.63. The Morgan fingerprint density at radius 3 is 2.81 bits per heavy atom. The first-order valence-electron chi connectivity index (χ1n) is 5.20. The number of anilines is 1. The average molecular weight is 260 g/mol. The van der Waals surface area contributed by atoms with Gasteiger partial charge in [0.05, 0.1) is 11.5 Å². The summed E-state index contributed by atoms with van der Waals surface area (Å²) < 4.78 is 22.6. The van der Waals surface area contributed by atoms with Crippen LogP contribution in [0.2, 0.25) is 5.02 Å². The van der Waals surface area contributed by atoms with Crippen molar-refractivity contribution in [2.75, 3.05) is 16.8 Å². The molecule has 0 aromatic heterocycles. The average Bonchev–Trinajstić information content (AvgIpc) is 2.53. The molecule has 0 amide bonds. The number of sulfone groups is 1. The van der Waals surface area contributed by atoms with Crippen LogP contribution in [0.3, 0.4) is 0 Å². The Kier molecular flexibility index (Phi) is 3.13. The van der Waals surface area contributed by atoms with Crippen molar-refractivity contribution in [3.05, 3.63) is 28.8 Å². The first-order valence-corrected chi connectivity index (χ1v) is 7.40. The molecule has 0 saturated carbocycles. The summed E-state index contributed by atoms with van der Waals surface area (Å²) in [5, 5.41) is 3.94. The molecular formula is C11H14ClNO2S. The lowest BCUT2D eigenvalue weighted by molar-refractivity contribution is 0.602. The minimum absolute atomic E-state index is 0.0159. The summed E-state index contributed by atoms with van der Waals surface area (Å²) in [6.45, 7) is 1.92. The van der Waals surface area contributed by atoms with Gasteiger partial charge in [0.2, 0.25) is 0 Å². The maximum absolute atomic E-state index is 11.3. The molecule has 1 N–H and O–H groups in total. The highest BCUT2D eigenvalue weighted by molar-refractivity contribution is 7.91. The van der Waals surface area contributed by atoms with E-state index in [-0.39, 0.29) is 17.5 Å². The standard InChI is InChI=1S/C11H14ClNO2S/c1-8-10(12)3-2-4-11(8)13-9-5-6-16(14,15)7-9/h2-4,9,13H,5-7H2,1H3/t9-/m0/s1. The smallest absolute Gasteiger partial charge is 0.152 e. The molecule has 3 nitrogen and oxygen atoms in total. The molecule has 1 aromatic rings. The molecule has 5 heteroatoms. The first-order chi connectivity index (χ1) is 7.48. The van der Waals surface area contributed by atoms with E-state index in [1.54, 1.807) is 0 Å². The van der Waals surface area contributed by atoms with Gasteiger partial charge >= 0.3 is 0 Å². The fraction of sp³-hybridized carbons (Fsp3) is 0.455. The van der Waals surface area contributed by atoms with E-state index >= 15 is 0 Å². The zero-order valence-corrected chi connectivity index (χ0v) is 10.6. The Balaban J connectivity index is 2.14. The largest absolute Gasteiger partial charge is 0.381 e. The number of nitrogens with one attached hydrogen (secondary N) is 1. The highest BCUT2D eigenvalue weighted by atomic mass is 35.5. The Hall–Kier alpha value is -0.740. The van der Waals surface area contributed by atoms with Gasteiger partial charge in [-0.05, 0) is 31.0 Å². The van der Waals surface area contributed by atoms with E-state index in [0.29, 0.717) is 11.4 Å².